The molecule has 0 aliphatic heterocycles. The van der Waals surface area contributed by atoms with Crippen molar-refractivity contribution < 1.29 is 9.53 Å². The highest BCUT2D eigenvalue weighted by molar-refractivity contribution is 6.32. The highest BCUT2D eigenvalue weighted by atomic mass is 35.5. The molecule has 1 aromatic rings. The Morgan fingerprint density at radius 2 is 2.29 bits per heavy atom. The van der Waals surface area contributed by atoms with Crippen LogP contribution in [0, 0.1) is 0 Å². The van der Waals surface area contributed by atoms with Crippen LogP contribution in [0.25, 0.3) is 0 Å². The van der Waals surface area contributed by atoms with E-state index in [1.54, 1.807) is 0 Å². The summed E-state index contributed by atoms with van der Waals surface area (Å²) in [5.74, 6) is 5.53. The predicted octanol–water partition coefficient (Wildman–Crippen LogP) is 2.05. The van der Waals surface area contributed by atoms with E-state index in [1.165, 1.54) is 0 Å². The first-order valence-electron chi connectivity index (χ1n) is 5.58. The van der Waals surface area contributed by atoms with Gasteiger partial charge in [-0.25, -0.2) is 5.84 Å². The molecule has 1 rings (SSSR count). The van der Waals surface area contributed by atoms with E-state index < -0.39 is 0 Å². The van der Waals surface area contributed by atoms with Crippen LogP contribution >= 0.6 is 11.6 Å². The molecule has 0 fully saturated rings. The van der Waals surface area contributed by atoms with Crippen molar-refractivity contribution in [3.05, 3.63) is 28.8 Å². The summed E-state index contributed by atoms with van der Waals surface area (Å²) in [6.07, 6.45) is 1.95. The Morgan fingerprint density at radius 3 is 2.88 bits per heavy atom. The lowest BCUT2D eigenvalue weighted by Crippen LogP contribution is -2.29. The fraction of sp³-hybridized carbons (Fsp3) is 0.417. The summed E-state index contributed by atoms with van der Waals surface area (Å²) in [5, 5.41) is 0.604. The smallest absolute Gasteiger partial charge is 0.233 e. The number of amides is 1. The van der Waals surface area contributed by atoms with Crippen LogP contribution in [0.5, 0.6) is 5.75 Å². The largest absolute Gasteiger partial charge is 0.492 e. The third kappa shape index (κ3) is 4.63. The van der Waals surface area contributed by atoms with Crippen LogP contribution in [0.15, 0.2) is 18.2 Å². The number of halogens is 1. The van der Waals surface area contributed by atoms with Crippen molar-refractivity contribution in [2.24, 2.45) is 5.84 Å². The van der Waals surface area contributed by atoms with Gasteiger partial charge in [0, 0.05) is 6.42 Å². The summed E-state index contributed by atoms with van der Waals surface area (Å²) >= 11 is 6.05. The maximum absolute atomic E-state index is 10.9. The molecule has 0 atom stereocenters. The van der Waals surface area contributed by atoms with Gasteiger partial charge < -0.3 is 4.74 Å². The number of aryl methyl sites for hydroxylation is 1. The first-order valence-corrected chi connectivity index (χ1v) is 5.95. The Morgan fingerprint density at radius 1 is 1.53 bits per heavy atom. The SMILES string of the molecule is CCOc1ccc(CCCC(=O)NN)cc1Cl. The van der Waals surface area contributed by atoms with Gasteiger partial charge in [-0.3, -0.25) is 10.2 Å². The first-order chi connectivity index (χ1) is 8.17. The minimum absolute atomic E-state index is 0.151. The second kappa shape index (κ2) is 7.14. The Hall–Kier alpha value is -1.26. The quantitative estimate of drug-likeness (QED) is 0.465. The van der Waals surface area contributed by atoms with E-state index in [-0.39, 0.29) is 5.91 Å². The lowest BCUT2D eigenvalue weighted by Gasteiger charge is -2.07. The molecule has 0 aliphatic carbocycles. The minimum atomic E-state index is -0.151. The topological polar surface area (TPSA) is 64.3 Å². The summed E-state index contributed by atoms with van der Waals surface area (Å²) in [6, 6.07) is 5.67. The molecule has 3 N–H and O–H groups in total. The Balaban J connectivity index is 2.50. The van der Waals surface area contributed by atoms with Crippen molar-refractivity contribution in [1.82, 2.24) is 5.43 Å². The summed E-state index contributed by atoms with van der Waals surface area (Å²) in [5.41, 5.74) is 3.19. The van der Waals surface area contributed by atoms with E-state index in [2.05, 4.69) is 5.43 Å². The van der Waals surface area contributed by atoms with E-state index in [1.807, 2.05) is 25.1 Å². The lowest BCUT2D eigenvalue weighted by atomic mass is 10.1. The molecule has 0 aromatic heterocycles. The molecule has 0 saturated heterocycles. The van der Waals surface area contributed by atoms with Crippen LogP contribution in [0.4, 0.5) is 0 Å². The Kier molecular flexibility index (Phi) is 5.80. The van der Waals surface area contributed by atoms with Gasteiger partial charge in [0.1, 0.15) is 5.75 Å². The fourth-order valence-corrected chi connectivity index (χ4v) is 1.76. The van der Waals surface area contributed by atoms with Gasteiger partial charge in [-0.15, -0.1) is 0 Å². The average molecular weight is 257 g/mol. The maximum atomic E-state index is 10.9. The molecule has 0 spiro atoms. The first kappa shape index (κ1) is 13.8. The van der Waals surface area contributed by atoms with Crippen LogP contribution in [-0.4, -0.2) is 12.5 Å². The highest BCUT2D eigenvalue weighted by Crippen LogP contribution is 2.25. The minimum Gasteiger partial charge on any atom is -0.492 e. The number of rotatable bonds is 6. The molecule has 0 bridgehead atoms. The van der Waals surface area contributed by atoms with E-state index in [4.69, 9.17) is 22.2 Å². The van der Waals surface area contributed by atoms with Crippen molar-refractivity contribution in [2.75, 3.05) is 6.61 Å². The zero-order chi connectivity index (χ0) is 12.7. The van der Waals surface area contributed by atoms with Crippen molar-refractivity contribution in [3.63, 3.8) is 0 Å². The maximum Gasteiger partial charge on any atom is 0.233 e. The molecular weight excluding hydrogens is 240 g/mol. The van der Waals surface area contributed by atoms with Crippen LogP contribution in [-0.2, 0) is 11.2 Å². The van der Waals surface area contributed by atoms with Crippen molar-refractivity contribution in [3.8, 4) is 5.75 Å². The van der Waals surface area contributed by atoms with Gasteiger partial charge in [0.15, 0.2) is 0 Å². The zero-order valence-electron chi connectivity index (χ0n) is 9.83. The fourth-order valence-electron chi connectivity index (χ4n) is 1.50. The predicted molar refractivity (Wildman–Crippen MR) is 67.9 cm³/mol. The van der Waals surface area contributed by atoms with Crippen LogP contribution < -0.4 is 16.0 Å². The van der Waals surface area contributed by atoms with Gasteiger partial charge in [0.25, 0.3) is 0 Å². The van der Waals surface area contributed by atoms with Crippen LogP contribution in [0.2, 0.25) is 5.02 Å². The average Bonchev–Trinajstić information content (AvgIpc) is 2.32. The molecule has 0 aliphatic rings. The third-order valence-corrected chi connectivity index (χ3v) is 2.62. The number of carbonyl (C=O) groups is 1. The molecule has 94 valence electrons. The van der Waals surface area contributed by atoms with Gasteiger partial charge in [-0.1, -0.05) is 17.7 Å². The van der Waals surface area contributed by atoms with Gasteiger partial charge in [-0.2, -0.15) is 0 Å². The Bertz CT molecular complexity index is 383. The van der Waals surface area contributed by atoms with E-state index in [0.717, 1.165) is 18.4 Å². The standard InChI is InChI=1S/C12H17ClN2O2/c1-2-17-11-7-6-9(8-10(11)13)4-3-5-12(16)15-14/h6-8H,2-5,14H2,1H3,(H,15,16). The van der Waals surface area contributed by atoms with Crippen molar-refractivity contribution in [2.45, 2.75) is 26.2 Å². The summed E-state index contributed by atoms with van der Waals surface area (Å²) in [4.78, 5) is 10.9. The molecule has 17 heavy (non-hydrogen) atoms. The number of benzene rings is 1. The van der Waals surface area contributed by atoms with Gasteiger partial charge in [0.2, 0.25) is 5.91 Å². The van der Waals surface area contributed by atoms with E-state index >= 15 is 0 Å². The number of nitrogens with two attached hydrogens (primary N) is 1. The van der Waals surface area contributed by atoms with Gasteiger partial charge in [0.05, 0.1) is 11.6 Å². The summed E-state index contributed by atoms with van der Waals surface area (Å²) < 4.78 is 5.34. The number of hydrogen-bond donors (Lipinski definition) is 2. The van der Waals surface area contributed by atoms with E-state index in [0.29, 0.717) is 23.8 Å². The van der Waals surface area contributed by atoms with Crippen LogP contribution in [0.3, 0.4) is 0 Å². The molecule has 0 saturated carbocycles. The Labute approximate surface area is 106 Å². The normalized spacial score (nSPS) is 10.1. The lowest BCUT2D eigenvalue weighted by molar-refractivity contribution is -0.121. The molecular formula is C12H17ClN2O2. The van der Waals surface area contributed by atoms with E-state index in [9.17, 15) is 4.79 Å². The monoisotopic (exact) mass is 256 g/mol. The van der Waals surface area contributed by atoms with Crippen molar-refractivity contribution >= 4 is 17.5 Å². The van der Waals surface area contributed by atoms with Crippen molar-refractivity contribution in [1.29, 1.82) is 0 Å². The molecule has 0 unspecified atom stereocenters. The van der Waals surface area contributed by atoms with Crippen LogP contribution in [0.1, 0.15) is 25.3 Å². The van der Waals surface area contributed by atoms with Gasteiger partial charge in [-0.05, 0) is 37.5 Å². The molecule has 1 aromatic carbocycles. The molecule has 4 nitrogen and oxygen atoms in total. The summed E-state index contributed by atoms with van der Waals surface area (Å²) in [6.45, 7) is 2.51. The second-order valence-electron chi connectivity index (χ2n) is 3.62. The molecule has 5 heteroatoms. The second-order valence-corrected chi connectivity index (χ2v) is 4.03. The molecule has 0 heterocycles. The molecule has 0 radical (unpaired) electrons. The number of ether oxygens (including phenoxy) is 1. The molecule has 1 amide bonds. The number of hydrazine groups is 1. The highest BCUT2D eigenvalue weighted by Gasteiger charge is 2.04. The van der Waals surface area contributed by atoms with Gasteiger partial charge >= 0.3 is 0 Å². The summed E-state index contributed by atoms with van der Waals surface area (Å²) in [7, 11) is 0. The number of nitrogens with one attached hydrogen (secondary N) is 1. The number of hydrogen-bond acceptors (Lipinski definition) is 3. The third-order valence-electron chi connectivity index (χ3n) is 2.33. The number of carbonyl (C=O) groups excluding carboxylic acids is 1. The zero-order valence-corrected chi connectivity index (χ0v) is 10.6.